The molecule has 0 radical (unpaired) electrons. The van der Waals surface area contributed by atoms with Gasteiger partial charge in [-0.1, -0.05) is 6.07 Å². The smallest absolute Gasteiger partial charge is 0.238 e. The number of ether oxygens (including phenoxy) is 1. The molecule has 144 valence electrons. The third-order valence-electron chi connectivity index (χ3n) is 4.42. The molecular formula is C18H22N4O3S2. The second kappa shape index (κ2) is 8.12. The lowest BCUT2D eigenvalue weighted by Crippen LogP contribution is -2.50. The number of nitrogens with one attached hydrogen (secondary N) is 1. The Labute approximate surface area is 164 Å². The molecule has 1 heterocycles. The van der Waals surface area contributed by atoms with Crippen LogP contribution in [-0.4, -0.2) is 51.7 Å². The van der Waals surface area contributed by atoms with E-state index in [9.17, 15) is 8.42 Å². The predicted molar refractivity (Wildman–Crippen MR) is 111 cm³/mol. The Morgan fingerprint density at radius 2 is 1.78 bits per heavy atom. The molecule has 0 atom stereocenters. The van der Waals surface area contributed by atoms with Crippen LogP contribution in [0.3, 0.4) is 0 Å². The second-order valence-corrected chi connectivity index (χ2v) is 8.12. The standard InChI is InChI=1S/C18H22N4O3S2/c1-25-16-4-2-3-15(13-16)21-9-11-22(12-10-21)18(26)20-14-5-7-17(8-6-14)27(19,23)24/h2-8,13H,9-12H2,1H3,(H,20,26)(H2,19,23,24). The molecule has 9 heteroatoms. The molecule has 0 spiro atoms. The highest BCUT2D eigenvalue weighted by Gasteiger charge is 2.19. The Hall–Kier alpha value is -2.36. The number of benzene rings is 2. The summed E-state index contributed by atoms with van der Waals surface area (Å²) in [6.07, 6.45) is 0. The number of anilines is 2. The summed E-state index contributed by atoms with van der Waals surface area (Å²) in [5.74, 6) is 0.843. The van der Waals surface area contributed by atoms with E-state index in [1.165, 1.54) is 12.1 Å². The molecule has 1 aliphatic rings. The zero-order valence-corrected chi connectivity index (χ0v) is 16.6. The van der Waals surface area contributed by atoms with Crippen LogP contribution in [0.15, 0.2) is 53.4 Å². The molecule has 2 aromatic rings. The molecule has 0 amide bonds. The summed E-state index contributed by atoms with van der Waals surface area (Å²) in [4.78, 5) is 4.47. The Morgan fingerprint density at radius 3 is 2.37 bits per heavy atom. The molecule has 0 saturated carbocycles. The van der Waals surface area contributed by atoms with Gasteiger partial charge in [-0.15, -0.1) is 0 Å². The Kier molecular flexibility index (Phi) is 5.83. The van der Waals surface area contributed by atoms with Gasteiger partial charge in [-0.05, 0) is 48.6 Å². The molecule has 1 aliphatic heterocycles. The van der Waals surface area contributed by atoms with Crippen molar-refractivity contribution in [3.05, 3.63) is 48.5 Å². The van der Waals surface area contributed by atoms with Crippen LogP contribution < -0.4 is 20.1 Å². The Balaban J connectivity index is 1.57. The number of hydrogen-bond acceptors (Lipinski definition) is 5. The molecule has 7 nitrogen and oxygen atoms in total. The van der Waals surface area contributed by atoms with Gasteiger partial charge >= 0.3 is 0 Å². The van der Waals surface area contributed by atoms with Crippen molar-refractivity contribution in [1.29, 1.82) is 0 Å². The normalized spacial score (nSPS) is 14.7. The first-order chi connectivity index (χ1) is 12.9. The van der Waals surface area contributed by atoms with Gasteiger partial charge in [0.25, 0.3) is 0 Å². The Bertz CT molecular complexity index is 908. The van der Waals surface area contributed by atoms with Crippen molar-refractivity contribution in [2.45, 2.75) is 4.90 Å². The summed E-state index contributed by atoms with van der Waals surface area (Å²) in [6, 6.07) is 14.2. The van der Waals surface area contributed by atoms with E-state index >= 15 is 0 Å². The van der Waals surface area contributed by atoms with Crippen molar-refractivity contribution in [3.63, 3.8) is 0 Å². The summed E-state index contributed by atoms with van der Waals surface area (Å²) in [7, 11) is -2.03. The summed E-state index contributed by atoms with van der Waals surface area (Å²) in [6.45, 7) is 3.27. The topological polar surface area (TPSA) is 87.9 Å². The summed E-state index contributed by atoms with van der Waals surface area (Å²) in [5.41, 5.74) is 1.86. The van der Waals surface area contributed by atoms with Crippen LogP contribution in [0.5, 0.6) is 5.75 Å². The number of primary sulfonamides is 1. The highest BCUT2D eigenvalue weighted by molar-refractivity contribution is 7.89. The van der Waals surface area contributed by atoms with Gasteiger partial charge in [0.1, 0.15) is 5.75 Å². The number of sulfonamides is 1. The number of methoxy groups -OCH3 is 1. The van der Waals surface area contributed by atoms with E-state index in [0.29, 0.717) is 5.11 Å². The van der Waals surface area contributed by atoms with Gasteiger partial charge < -0.3 is 19.9 Å². The minimum atomic E-state index is -3.69. The van der Waals surface area contributed by atoms with Gasteiger partial charge in [0, 0.05) is 43.6 Å². The predicted octanol–water partition coefficient (Wildman–Crippen LogP) is 1.86. The number of hydrogen-bond donors (Lipinski definition) is 2. The van der Waals surface area contributed by atoms with Crippen LogP contribution in [0.25, 0.3) is 0 Å². The fourth-order valence-corrected chi connectivity index (χ4v) is 3.72. The third kappa shape index (κ3) is 4.88. The van der Waals surface area contributed by atoms with Crippen LogP contribution in [-0.2, 0) is 10.0 Å². The quantitative estimate of drug-likeness (QED) is 0.750. The average molecular weight is 407 g/mol. The molecule has 0 bridgehead atoms. The van der Waals surface area contributed by atoms with E-state index in [4.69, 9.17) is 22.1 Å². The van der Waals surface area contributed by atoms with Crippen molar-refractivity contribution in [2.75, 3.05) is 43.5 Å². The van der Waals surface area contributed by atoms with Gasteiger partial charge in [0.2, 0.25) is 10.0 Å². The van der Waals surface area contributed by atoms with Crippen LogP contribution >= 0.6 is 12.2 Å². The third-order valence-corrected chi connectivity index (χ3v) is 5.71. The molecule has 27 heavy (non-hydrogen) atoms. The number of rotatable bonds is 4. The Morgan fingerprint density at radius 1 is 1.11 bits per heavy atom. The SMILES string of the molecule is COc1cccc(N2CCN(C(=S)Nc3ccc(S(N)(=O)=O)cc3)CC2)c1. The summed E-state index contributed by atoms with van der Waals surface area (Å²) in [5, 5.41) is 8.87. The summed E-state index contributed by atoms with van der Waals surface area (Å²) >= 11 is 5.49. The molecular weight excluding hydrogens is 384 g/mol. The number of nitrogens with two attached hydrogens (primary N) is 1. The van der Waals surface area contributed by atoms with E-state index in [1.807, 2.05) is 18.2 Å². The second-order valence-electron chi connectivity index (χ2n) is 6.18. The van der Waals surface area contributed by atoms with Gasteiger partial charge in [0.15, 0.2) is 5.11 Å². The molecule has 0 unspecified atom stereocenters. The zero-order chi connectivity index (χ0) is 19.4. The first-order valence-electron chi connectivity index (χ1n) is 8.44. The van der Waals surface area contributed by atoms with E-state index in [2.05, 4.69) is 21.2 Å². The number of nitrogens with zero attached hydrogens (tertiary/aromatic N) is 2. The molecule has 3 rings (SSSR count). The van der Waals surface area contributed by atoms with E-state index in [0.717, 1.165) is 43.3 Å². The number of thiocarbonyl (C=S) groups is 1. The van der Waals surface area contributed by atoms with Gasteiger partial charge in [-0.2, -0.15) is 0 Å². The molecule has 0 aliphatic carbocycles. The van der Waals surface area contributed by atoms with Crippen LogP contribution in [0.4, 0.5) is 11.4 Å². The maximum Gasteiger partial charge on any atom is 0.238 e. The highest BCUT2D eigenvalue weighted by atomic mass is 32.2. The lowest BCUT2D eigenvalue weighted by Gasteiger charge is -2.37. The lowest BCUT2D eigenvalue weighted by molar-refractivity contribution is 0.389. The fraction of sp³-hybridized carbons (Fsp3) is 0.278. The van der Waals surface area contributed by atoms with Crippen LogP contribution in [0.1, 0.15) is 0 Å². The molecule has 3 N–H and O–H groups in total. The molecule has 0 aromatic heterocycles. The molecule has 1 fully saturated rings. The molecule has 2 aromatic carbocycles. The maximum atomic E-state index is 11.3. The van der Waals surface area contributed by atoms with Gasteiger partial charge in [-0.25, -0.2) is 13.6 Å². The first-order valence-corrected chi connectivity index (χ1v) is 10.4. The highest BCUT2D eigenvalue weighted by Crippen LogP contribution is 2.22. The minimum Gasteiger partial charge on any atom is -0.497 e. The van der Waals surface area contributed by atoms with Crippen molar-refractivity contribution >= 4 is 38.7 Å². The fourth-order valence-electron chi connectivity index (χ4n) is 2.91. The van der Waals surface area contributed by atoms with Crippen molar-refractivity contribution in [1.82, 2.24) is 4.90 Å². The van der Waals surface area contributed by atoms with E-state index in [1.54, 1.807) is 19.2 Å². The van der Waals surface area contributed by atoms with Crippen molar-refractivity contribution in [3.8, 4) is 5.75 Å². The summed E-state index contributed by atoms with van der Waals surface area (Å²) < 4.78 is 27.9. The average Bonchev–Trinajstić information content (AvgIpc) is 2.68. The van der Waals surface area contributed by atoms with E-state index in [-0.39, 0.29) is 4.90 Å². The van der Waals surface area contributed by atoms with Crippen molar-refractivity contribution < 1.29 is 13.2 Å². The monoisotopic (exact) mass is 406 g/mol. The maximum absolute atomic E-state index is 11.3. The first kappa shape index (κ1) is 19.4. The molecule has 1 saturated heterocycles. The van der Waals surface area contributed by atoms with E-state index < -0.39 is 10.0 Å². The lowest BCUT2D eigenvalue weighted by atomic mass is 10.2. The van der Waals surface area contributed by atoms with Gasteiger partial charge in [0.05, 0.1) is 12.0 Å². The van der Waals surface area contributed by atoms with Crippen LogP contribution in [0, 0.1) is 0 Å². The van der Waals surface area contributed by atoms with Crippen LogP contribution in [0.2, 0.25) is 0 Å². The van der Waals surface area contributed by atoms with Crippen molar-refractivity contribution in [2.24, 2.45) is 5.14 Å². The minimum absolute atomic E-state index is 0.0749. The van der Waals surface area contributed by atoms with Gasteiger partial charge in [-0.3, -0.25) is 0 Å². The zero-order valence-electron chi connectivity index (χ0n) is 15.0. The number of piperazine rings is 1. The largest absolute Gasteiger partial charge is 0.497 e.